The molecule has 1 heterocycles. The second kappa shape index (κ2) is 3.76. The van der Waals surface area contributed by atoms with Crippen molar-refractivity contribution in [2.75, 3.05) is 0 Å². The molecular weight excluding hydrogens is 180 g/mol. The monoisotopic (exact) mass is 196 g/mol. The van der Waals surface area contributed by atoms with Crippen LogP contribution >= 0.6 is 11.3 Å². The molecular formula is C10H16N2S. The Morgan fingerprint density at radius 3 is 2.92 bits per heavy atom. The number of aromatic nitrogens is 1. The second-order valence-corrected chi connectivity index (χ2v) is 4.98. The number of hydrogen-bond donors (Lipinski definition) is 1. The van der Waals surface area contributed by atoms with E-state index >= 15 is 0 Å². The third-order valence-corrected chi connectivity index (χ3v) is 3.69. The summed E-state index contributed by atoms with van der Waals surface area (Å²) in [6.45, 7) is 2.04. The van der Waals surface area contributed by atoms with Gasteiger partial charge in [-0.05, 0) is 25.7 Å². The Bertz CT molecular complexity index is 278. The molecule has 1 fully saturated rings. The molecule has 0 bridgehead atoms. The fraction of sp³-hybridized carbons (Fsp3) is 0.700. The summed E-state index contributed by atoms with van der Waals surface area (Å²) in [6, 6.07) is 0.343. The molecule has 2 rings (SSSR count). The minimum absolute atomic E-state index is 0.343. The van der Waals surface area contributed by atoms with Gasteiger partial charge in [-0.25, -0.2) is 4.98 Å². The number of aryl methyl sites for hydroxylation is 1. The summed E-state index contributed by atoms with van der Waals surface area (Å²) in [5.74, 6) is 0.766. The zero-order valence-corrected chi connectivity index (χ0v) is 8.81. The highest BCUT2D eigenvalue weighted by Gasteiger charge is 2.24. The third kappa shape index (κ3) is 2.09. The van der Waals surface area contributed by atoms with Crippen LogP contribution < -0.4 is 5.73 Å². The van der Waals surface area contributed by atoms with Crippen molar-refractivity contribution in [3.05, 3.63) is 16.1 Å². The molecule has 0 aromatic carbocycles. The summed E-state index contributed by atoms with van der Waals surface area (Å²) in [6.07, 6.45) is 4.98. The topological polar surface area (TPSA) is 38.9 Å². The maximum absolute atomic E-state index is 6.08. The van der Waals surface area contributed by atoms with Crippen LogP contribution in [-0.2, 0) is 6.42 Å². The van der Waals surface area contributed by atoms with Gasteiger partial charge >= 0.3 is 0 Å². The lowest BCUT2D eigenvalue weighted by Crippen LogP contribution is -2.36. The van der Waals surface area contributed by atoms with Crippen LogP contribution in [0.2, 0.25) is 0 Å². The quantitative estimate of drug-likeness (QED) is 0.804. The first kappa shape index (κ1) is 9.16. The first-order chi connectivity index (χ1) is 6.25. The predicted octanol–water partition coefficient (Wildman–Crippen LogP) is 2.12. The highest BCUT2D eigenvalue weighted by molar-refractivity contribution is 7.09. The largest absolute Gasteiger partial charge is 0.327 e. The lowest BCUT2D eigenvalue weighted by molar-refractivity contribution is 0.259. The van der Waals surface area contributed by atoms with Crippen molar-refractivity contribution in [2.45, 2.75) is 38.6 Å². The van der Waals surface area contributed by atoms with Crippen LogP contribution in [0.25, 0.3) is 0 Å². The average Bonchev–Trinajstić information content (AvgIpc) is 2.31. The molecule has 2 nitrogen and oxygen atoms in total. The van der Waals surface area contributed by atoms with Gasteiger partial charge < -0.3 is 5.73 Å². The molecule has 0 amide bonds. The van der Waals surface area contributed by atoms with E-state index in [4.69, 9.17) is 5.73 Å². The van der Waals surface area contributed by atoms with Crippen LogP contribution in [0.5, 0.6) is 0 Å². The van der Waals surface area contributed by atoms with Gasteiger partial charge in [-0.3, -0.25) is 0 Å². The van der Waals surface area contributed by atoms with Crippen LogP contribution in [-0.4, -0.2) is 11.0 Å². The fourth-order valence-corrected chi connectivity index (χ4v) is 2.40. The zero-order valence-electron chi connectivity index (χ0n) is 7.99. The number of nitrogens with zero attached hydrogens (tertiary/aromatic N) is 1. The van der Waals surface area contributed by atoms with Crippen molar-refractivity contribution in [1.29, 1.82) is 0 Å². The van der Waals surface area contributed by atoms with Crippen molar-refractivity contribution in [1.82, 2.24) is 4.98 Å². The second-order valence-electron chi connectivity index (χ2n) is 3.92. The molecule has 1 atom stereocenters. The summed E-state index contributed by atoms with van der Waals surface area (Å²) >= 11 is 1.72. The van der Waals surface area contributed by atoms with Crippen LogP contribution in [0.4, 0.5) is 0 Å². The Labute approximate surface area is 83.2 Å². The molecule has 3 heteroatoms. The van der Waals surface area contributed by atoms with Gasteiger partial charge in [-0.1, -0.05) is 6.42 Å². The summed E-state index contributed by atoms with van der Waals surface area (Å²) in [7, 11) is 0. The van der Waals surface area contributed by atoms with E-state index < -0.39 is 0 Å². The van der Waals surface area contributed by atoms with Gasteiger partial charge in [0.25, 0.3) is 0 Å². The van der Waals surface area contributed by atoms with Crippen molar-refractivity contribution in [2.24, 2.45) is 11.7 Å². The highest BCUT2D eigenvalue weighted by atomic mass is 32.1. The Morgan fingerprint density at radius 2 is 2.46 bits per heavy atom. The molecule has 1 aromatic rings. The lowest BCUT2D eigenvalue weighted by Gasteiger charge is -2.30. The molecule has 72 valence electrons. The minimum atomic E-state index is 0.343. The summed E-state index contributed by atoms with van der Waals surface area (Å²) in [5, 5.41) is 3.28. The first-order valence-electron chi connectivity index (χ1n) is 4.92. The van der Waals surface area contributed by atoms with E-state index in [1.54, 1.807) is 11.3 Å². The Balaban J connectivity index is 1.89. The number of nitrogens with two attached hydrogens (primary N) is 1. The van der Waals surface area contributed by atoms with Crippen LogP contribution in [0.3, 0.4) is 0 Å². The van der Waals surface area contributed by atoms with Crippen molar-refractivity contribution in [3.8, 4) is 0 Å². The van der Waals surface area contributed by atoms with Crippen LogP contribution in [0.1, 0.15) is 30.0 Å². The SMILES string of the molecule is Cc1nc(CC(N)C2CCC2)cs1. The summed E-state index contributed by atoms with van der Waals surface area (Å²) < 4.78 is 0. The average molecular weight is 196 g/mol. The molecule has 1 unspecified atom stereocenters. The van der Waals surface area contributed by atoms with Gasteiger partial charge in [0.2, 0.25) is 0 Å². The summed E-state index contributed by atoms with van der Waals surface area (Å²) in [5.41, 5.74) is 7.27. The standard InChI is InChI=1S/C10H16N2S/c1-7-12-9(6-13-7)5-10(11)8-3-2-4-8/h6,8,10H,2-5,11H2,1H3. The van der Waals surface area contributed by atoms with E-state index in [2.05, 4.69) is 10.4 Å². The van der Waals surface area contributed by atoms with Gasteiger partial charge in [-0.15, -0.1) is 11.3 Å². The van der Waals surface area contributed by atoms with E-state index in [1.807, 2.05) is 6.92 Å². The molecule has 0 spiro atoms. The molecule has 1 aromatic heterocycles. The highest BCUT2D eigenvalue weighted by Crippen LogP contribution is 2.30. The normalized spacial score (nSPS) is 19.8. The van der Waals surface area contributed by atoms with E-state index in [-0.39, 0.29) is 0 Å². The Kier molecular flexibility index (Phi) is 2.65. The van der Waals surface area contributed by atoms with Crippen molar-refractivity contribution < 1.29 is 0 Å². The minimum Gasteiger partial charge on any atom is -0.327 e. The molecule has 2 N–H and O–H groups in total. The van der Waals surface area contributed by atoms with Gasteiger partial charge in [0.15, 0.2) is 0 Å². The summed E-state index contributed by atoms with van der Waals surface area (Å²) in [4.78, 5) is 4.43. The van der Waals surface area contributed by atoms with Gasteiger partial charge in [0.1, 0.15) is 0 Å². The number of thiazole rings is 1. The van der Waals surface area contributed by atoms with E-state index in [0.717, 1.165) is 17.3 Å². The van der Waals surface area contributed by atoms with Crippen LogP contribution in [0.15, 0.2) is 5.38 Å². The molecule has 0 aliphatic heterocycles. The maximum Gasteiger partial charge on any atom is 0.0897 e. The zero-order chi connectivity index (χ0) is 9.26. The Morgan fingerprint density at radius 1 is 1.69 bits per heavy atom. The molecule has 1 aliphatic carbocycles. The first-order valence-corrected chi connectivity index (χ1v) is 5.80. The van der Waals surface area contributed by atoms with Crippen molar-refractivity contribution >= 4 is 11.3 Å². The number of hydrogen-bond acceptors (Lipinski definition) is 3. The van der Waals surface area contributed by atoms with E-state index in [0.29, 0.717) is 6.04 Å². The Hall–Kier alpha value is -0.410. The third-order valence-electron chi connectivity index (χ3n) is 2.87. The molecule has 13 heavy (non-hydrogen) atoms. The van der Waals surface area contributed by atoms with Gasteiger partial charge in [-0.2, -0.15) is 0 Å². The van der Waals surface area contributed by atoms with E-state index in [9.17, 15) is 0 Å². The molecule has 1 aliphatic rings. The molecule has 1 saturated carbocycles. The van der Waals surface area contributed by atoms with Crippen molar-refractivity contribution in [3.63, 3.8) is 0 Å². The molecule has 0 saturated heterocycles. The lowest BCUT2D eigenvalue weighted by atomic mass is 9.79. The fourth-order valence-electron chi connectivity index (χ4n) is 1.78. The van der Waals surface area contributed by atoms with Crippen LogP contribution in [0, 0.1) is 12.8 Å². The molecule has 0 radical (unpaired) electrons. The predicted molar refractivity (Wildman–Crippen MR) is 55.9 cm³/mol. The number of rotatable bonds is 3. The maximum atomic E-state index is 6.08. The smallest absolute Gasteiger partial charge is 0.0897 e. The van der Waals surface area contributed by atoms with Gasteiger partial charge in [0.05, 0.1) is 10.7 Å². The van der Waals surface area contributed by atoms with E-state index in [1.165, 1.54) is 25.0 Å². The van der Waals surface area contributed by atoms with Gasteiger partial charge in [0, 0.05) is 17.8 Å².